The lowest BCUT2D eigenvalue weighted by molar-refractivity contribution is 0.0697. The number of piperidine rings is 1. The molecule has 7 heteroatoms. The van der Waals surface area contributed by atoms with E-state index in [1.54, 1.807) is 24.3 Å². The first-order valence-electron chi connectivity index (χ1n) is 9.72. The van der Waals surface area contributed by atoms with Crippen LogP contribution < -0.4 is 15.5 Å². The van der Waals surface area contributed by atoms with Crippen molar-refractivity contribution in [2.75, 3.05) is 28.6 Å². The summed E-state index contributed by atoms with van der Waals surface area (Å²) in [6.07, 6.45) is 5.33. The molecule has 1 aliphatic heterocycles. The molecule has 0 radical (unpaired) electrons. The number of hydrogen-bond acceptors (Lipinski definition) is 6. The molecular formula is C22H23N5O2. The summed E-state index contributed by atoms with van der Waals surface area (Å²) in [5, 5.41) is 15.4. The van der Waals surface area contributed by atoms with Crippen LogP contribution in [0.1, 0.15) is 29.6 Å². The Labute approximate surface area is 169 Å². The van der Waals surface area contributed by atoms with Gasteiger partial charge in [0.15, 0.2) is 0 Å². The number of carboxylic acids is 1. The van der Waals surface area contributed by atoms with Crippen molar-refractivity contribution in [2.45, 2.75) is 19.3 Å². The highest BCUT2D eigenvalue weighted by molar-refractivity contribution is 5.88. The first-order chi connectivity index (χ1) is 14.2. The summed E-state index contributed by atoms with van der Waals surface area (Å²) in [5.41, 5.74) is 3.21. The Morgan fingerprint density at radius 1 is 0.828 bits per heavy atom. The van der Waals surface area contributed by atoms with E-state index in [1.807, 2.05) is 6.07 Å². The van der Waals surface area contributed by atoms with E-state index >= 15 is 0 Å². The highest BCUT2D eigenvalue weighted by Gasteiger charge is 2.10. The molecule has 2 aromatic carbocycles. The summed E-state index contributed by atoms with van der Waals surface area (Å²) in [6, 6.07) is 16.7. The van der Waals surface area contributed by atoms with E-state index in [2.05, 4.69) is 49.8 Å². The molecule has 0 atom stereocenters. The van der Waals surface area contributed by atoms with Gasteiger partial charge in [-0.2, -0.15) is 0 Å². The second-order valence-electron chi connectivity index (χ2n) is 7.02. The van der Waals surface area contributed by atoms with Crippen LogP contribution >= 0.6 is 0 Å². The lowest BCUT2D eigenvalue weighted by Crippen LogP contribution is -2.29. The van der Waals surface area contributed by atoms with Gasteiger partial charge in [0.2, 0.25) is 0 Å². The number of carboxylic acid groups (broad SMARTS) is 1. The first kappa shape index (κ1) is 18.7. The van der Waals surface area contributed by atoms with Crippen LogP contribution in [0.2, 0.25) is 0 Å². The molecule has 2 heterocycles. The third kappa shape index (κ3) is 4.82. The minimum Gasteiger partial charge on any atom is -0.478 e. The van der Waals surface area contributed by atoms with Crippen molar-refractivity contribution >= 4 is 34.7 Å². The van der Waals surface area contributed by atoms with Crippen molar-refractivity contribution in [1.82, 2.24) is 9.97 Å². The fraction of sp³-hybridized carbons (Fsp3) is 0.227. The van der Waals surface area contributed by atoms with Crippen LogP contribution in [-0.2, 0) is 0 Å². The van der Waals surface area contributed by atoms with Crippen molar-refractivity contribution in [1.29, 1.82) is 0 Å². The quantitative estimate of drug-likeness (QED) is 0.565. The summed E-state index contributed by atoms with van der Waals surface area (Å²) < 4.78 is 0. The van der Waals surface area contributed by atoms with E-state index in [0.717, 1.165) is 24.5 Å². The molecule has 1 fully saturated rings. The smallest absolute Gasteiger partial charge is 0.335 e. The van der Waals surface area contributed by atoms with Crippen LogP contribution in [0.4, 0.5) is 28.7 Å². The Bertz CT molecular complexity index is 967. The van der Waals surface area contributed by atoms with E-state index in [9.17, 15) is 4.79 Å². The van der Waals surface area contributed by atoms with Crippen molar-refractivity contribution < 1.29 is 9.90 Å². The molecule has 1 saturated heterocycles. The molecule has 7 nitrogen and oxygen atoms in total. The summed E-state index contributed by atoms with van der Waals surface area (Å²) in [7, 11) is 0. The Hall–Kier alpha value is -3.61. The molecule has 1 aliphatic rings. The predicted octanol–water partition coefficient (Wildman–Crippen LogP) is 4.65. The molecule has 0 spiro atoms. The maximum Gasteiger partial charge on any atom is 0.335 e. The van der Waals surface area contributed by atoms with Gasteiger partial charge in [-0.05, 0) is 67.8 Å². The van der Waals surface area contributed by atoms with Gasteiger partial charge < -0.3 is 20.6 Å². The number of benzene rings is 2. The third-order valence-corrected chi connectivity index (χ3v) is 4.93. The molecular weight excluding hydrogens is 366 g/mol. The van der Waals surface area contributed by atoms with E-state index in [1.165, 1.54) is 31.3 Å². The molecule has 0 unspecified atom stereocenters. The van der Waals surface area contributed by atoms with Crippen molar-refractivity contribution in [2.24, 2.45) is 0 Å². The maximum absolute atomic E-state index is 10.9. The van der Waals surface area contributed by atoms with E-state index in [-0.39, 0.29) is 5.56 Å². The van der Waals surface area contributed by atoms with Crippen LogP contribution in [0, 0.1) is 0 Å². The topological polar surface area (TPSA) is 90.4 Å². The molecule has 0 aliphatic carbocycles. The standard InChI is InChI=1S/C22H23N5O2/c28-22(29)16-4-6-17(7-5-16)25-20-14-21(24-15-23-20)26-18-8-10-19(11-9-18)27-12-2-1-3-13-27/h4-11,14-15H,1-3,12-13H2,(H,28,29)(H2,23,24,25,26). The number of hydrogen-bond donors (Lipinski definition) is 3. The van der Waals surface area contributed by atoms with Gasteiger partial charge in [0, 0.05) is 36.2 Å². The Balaban J connectivity index is 1.41. The molecule has 3 N–H and O–H groups in total. The van der Waals surface area contributed by atoms with Crippen LogP contribution in [0.3, 0.4) is 0 Å². The van der Waals surface area contributed by atoms with E-state index < -0.39 is 5.97 Å². The van der Waals surface area contributed by atoms with Crippen LogP contribution in [0.25, 0.3) is 0 Å². The van der Waals surface area contributed by atoms with Gasteiger partial charge in [-0.15, -0.1) is 0 Å². The molecule has 0 saturated carbocycles. The highest BCUT2D eigenvalue weighted by atomic mass is 16.4. The molecule has 0 amide bonds. The summed E-state index contributed by atoms with van der Waals surface area (Å²) in [5.74, 6) is 0.349. The number of anilines is 5. The number of aromatic nitrogens is 2. The normalized spacial score (nSPS) is 13.7. The SMILES string of the molecule is O=C(O)c1ccc(Nc2cc(Nc3ccc(N4CCCCC4)cc3)ncn2)cc1. The molecule has 29 heavy (non-hydrogen) atoms. The van der Waals surface area contributed by atoms with E-state index in [4.69, 9.17) is 5.11 Å². The number of rotatable bonds is 6. The number of nitrogens with zero attached hydrogens (tertiary/aromatic N) is 3. The van der Waals surface area contributed by atoms with Crippen LogP contribution in [-0.4, -0.2) is 34.1 Å². The van der Waals surface area contributed by atoms with Gasteiger partial charge in [-0.1, -0.05) is 0 Å². The zero-order valence-electron chi connectivity index (χ0n) is 16.0. The number of aromatic carboxylic acids is 1. The highest BCUT2D eigenvalue weighted by Crippen LogP contribution is 2.24. The monoisotopic (exact) mass is 389 g/mol. The lowest BCUT2D eigenvalue weighted by atomic mass is 10.1. The molecule has 148 valence electrons. The van der Waals surface area contributed by atoms with Crippen molar-refractivity contribution in [3.8, 4) is 0 Å². The second kappa shape index (κ2) is 8.60. The van der Waals surface area contributed by atoms with Crippen molar-refractivity contribution in [3.63, 3.8) is 0 Å². The molecule has 1 aromatic heterocycles. The maximum atomic E-state index is 10.9. The van der Waals surface area contributed by atoms with Gasteiger partial charge in [0.05, 0.1) is 5.56 Å². The Morgan fingerprint density at radius 3 is 1.93 bits per heavy atom. The lowest BCUT2D eigenvalue weighted by Gasteiger charge is -2.28. The van der Waals surface area contributed by atoms with Gasteiger partial charge in [-0.25, -0.2) is 14.8 Å². The zero-order valence-corrected chi connectivity index (χ0v) is 16.0. The predicted molar refractivity (Wildman–Crippen MR) is 115 cm³/mol. The molecule has 3 aromatic rings. The number of nitrogens with one attached hydrogen (secondary N) is 2. The Kier molecular flexibility index (Phi) is 5.56. The second-order valence-corrected chi connectivity index (χ2v) is 7.02. The Morgan fingerprint density at radius 2 is 1.38 bits per heavy atom. The number of carbonyl (C=O) groups is 1. The largest absolute Gasteiger partial charge is 0.478 e. The minimum atomic E-state index is -0.948. The van der Waals surface area contributed by atoms with Gasteiger partial charge in [0.25, 0.3) is 0 Å². The fourth-order valence-electron chi connectivity index (χ4n) is 3.39. The van der Waals surface area contributed by atoms with Gasteiger partial charge >= 0.3 is 5.97 Å². The summed E-state index contributed by atoms with van der Waals surface area (Å²) in [4.78, 5) is 21.9. The van der Waals surface area contributed by atoms with Crippen LogP contribution in [0.15, 0.2) is 60.9 Å². The minimum absolute atomic E-state index is 0.244. The summed E-state index contributed by atoms with van der Waals surface area (Å²) in [6.45, 7) is 2.25. The molecule has 0 bridgehead atoms. The van der Waals surface area contributed by atoms with Crippen molar-refractivity contribution in [3.05, 3.63) is 66.5 Å². The third-order valence-electron chi connectivity index (χ3n) is 4.93. The zero-order chi connectivity index (χ0) is 20.1. The van der Waals surface area contributed by atoms with E-state index in [0.29, 0.717) is 11.6 Å². The van der Waals surface area contributed by atoms with Gasteiger partial charge in [-0.3, -0.25) is 0 Å². The molecule has 4 rings (SSSR count). The summed E-state index contributed by atoms with van der Waals surface area (Å²) >= 11 is 0. The first-order valence-corrected chi connectivity index (χ1v) is 9.72. The van der Waals surface area contributed by atoms with Crippen LogP contribution in [0.5, 0.6) is 0 Å². The fourth-order valence-corrected chi connectivity index (χ4v) is 3.39. The van der Waals surface area contributed by atoms with Gasteiger partial charge in [0.1, 0.15) is 18.0 Å². The average Bonchev–Trinajstić information content (AvgIpc) is 2.76. The average molecular weight is 389 g/mol.